The third-order valence-corrected chi connectivity index (χ3v) is 4.63. The molecule has 2 saturated carbocycles. The summed E-state index contributed by atoms with van der Waals surface area (Å²) < 4.78 is 0. The summed E-state index contributed by atoms with van der Waals surface area (Å²) in [7, 11) is 0. The molecule has 0 aromatic heterocycles. The molecule has 2 aliphatic carbocycles. The molecule has 0 saturated heterocycles. The van der Waals surface area contributed by atoms with Gasteiger partial charge in [-0.3, -0.25) is 0 Å². The first kappa shape index (κ1) is 12.2. The average molecular weight is 243 g/mol. The van der Waals surface area contributed by atoms with E-state index in [0.29, 0.717) is 0 Å². The average Bonchev–Trinajstić information content (AvgIpc) is 3.21. The molecule has 0 spiro atoms. The summed E-state index contributed by atoms with van der Waals surface area (Å²) in [4.78, 5) is 0. The molecule has 1 nitrogen and oxygen atoms in total. The summed E-state index contributed by atoms with van der Waals surface area (Å²) in [6.07, 6.45) is 8.46. The Hall–Kier alpha value is -0.820. The number of hydrogen-bond donors (Lipinski definition) is 1. The van der Waals surface area contributed by atoms with Gasteiger partial charge in [0.25, 0.3) is 0 Å². The van der Waals surface area contributed by atoms with E-state index in [1.807, 2.05) is 0 Å². The van der Waals surface area contributed by atoms with Gasteiger partial charge in [-0.05, 0) is 56.6 Å². The Balaban J connectivity index is 1.69. The van der Waals surface area contributed by atoms with Gasteiger partial charge in [-0.2, -0.15) is 0 Å². The Kier molecular flexibility index (Phi) is 3.69. The fraction of sp³-hybridized carbons (Fsp3) is 0.647. The number of aryl methyl sites for hydroxylation is 1. The molecular formula is C17H25N. The van der Waals surface area contributed by atoms with E-state index >= 15 is 0 Å². The first-order chi connectivity index (χ1) is 8.83. The van der Waals surface area contributed by atoms with E-state index in [1.54, 1.807) is 5.56 Å². The van der Waals surface area contributed by atoms with Crippen molar-refractivity contribution in [1.29, 1.82) is 0 Å². The van der Waals surface area contributed by atoms with Gasteiger partial charge in [0.05, 0.1) is 0 Å². The summed E-state index contributed by atoms with van der Waals surface area (Å²) in [6.45, 7) is 3.45. The van der Waals surface area contributed by atoms with Gasteiger partial charge in [0, 0.05) is 6.04 Å². The lowest BCUT2D eigenvalue weighted by atomic mass is 9.75. The summed E-state index contributed by atoms with van der Waals surface area (Å²) in [6, 6.07) is 10.0. The Labute approximate surface area is 111 Å². The summed E-state index contributed by atoms with van der Waals surface area (Å²) in [5.74, 6) is 1.66. The fourth-order valence-electron chi connectivity index (χ4n) is 3.40. The van der Waals surface area contributed by atoms with Crippen molar-refractivity contribution >= 4 is 0 Å². The standard InChI is InChI=1S/C17H25N/c1-13-5-4-7-14(11-13)17-8-3-2-6-15(17)12-18-16-9-10-16/h4-5,7,11,15-18H,2-3,6,8-10,12H2,1H3. The van der Waals surface area contributed by atoms with Crippen LogP contribution in [0.2, 0.25) is 0 Å². The molecule has 1 N–H and O–H groups in total. The Morgan fingerprint density at radius 1 is 1.11 bits per heavy atom. The summed E-state index contributed by atoms with van der Waals surface area (Å²) in [5, 5.41) is 3.74. The highest BCUT2D eigenvalue weighted by molar-refractivity contribution is 5.26. The maximum atomic E-state index is 3.74. The highest BCUT2D eigenvalue weighted by Gasteiger charge is 2.28. The van der Waals surface area contributed by atoms with Crippen LogP contribution in [0.1, 0.15) is 55.6 Å². The maximum absolute atomic E-state index is 3.74. The molecule has 18 heavy (non-hydrogen) atoms. The molecule has 1 aromatic carbocycles. The van der Waals surface area contributed by atoms with Crippen LogP contribution >= 0.6 is 0 Å². The minimum Gasteiger partial charge on any atom is -0.314 e. The van der Waals surface area contributed by atoms with Crippen LogP contribution in [0.5, 0.6) is 0 Å². The van der Waals surface area contributed by atoms with Gasteiger partial charge in [0.15, 0.2) is 0 Å². The SMILES string of the molecule is Cc1cccc(C2CCCCC2CNC2CC2)c1. The van der Waals surface area contributed by atoms with Crippen molar-refractivity contribution in [3.8, 4) is 0 Å². The van der Waals surface area contributed by atoms with E-state index in [1.165, 1.54) is 50.6 Å². The molecule has 2 atom stereocenters. The molecule has 0 amide bonds. The third-order valence-electron chi connectivity index (χ3n) is 4.63. The zero-order chi connectivity index (χ0) is 12.4. The van der Waals surface area contributed by atoms with Crippen LogP contribution in [0, 0.1) is 12.8 Å². The molecule has 0 aliphatic heterocycles. The molecule has 0 radical (unpaired) electrons. The summed E-state index contributed by atoms with van der Waals surface area (Å²) in [5.41, 5.74) is 2.99. The predicted molar refractivity (Wildman–Crippen MR) is 76.9 cm³/mol. The largest absolute Gasteiger partial charge is 0.314 e. The van der Waals surface area contributed by atoms with Crippen molar-refractivity contribution < 1.29 is 0 Å². The van der Waals surface area contributed by atoms with E-state index in [2.05, 4.69) is 36.5 Å². The minimum atomic E-state index is 0.796. The maximum Gasteiger partial charge on any atom is 0.00683 e. The normalized spacial score (nSPS) is 28.3. The van der Waals surface area contributed by atoms with Gasteiger partial charge in [0.1, 0.15) is 0 Å². The number of benzene rings is 1. The molecule has 1 heteroatoms. The van der Waals surface area contributed by atoms with Gasteiger partial charge in [0.2, 0.25) is 0 Å². The molecule has 0 bridgehead atoms. The van der Waals surface area contributed by atoms with E-state index in [4.69, 9.17) is 0 Å². The van der Waals surface area contributed by atoms with Crippen LogP contribution in [-0.4, -0.2) is 12.6 Å². The van der Waals surface area contributed by atoms with Gasteiger partial charge >= 0.3 is 0 Å². The van der Waals surface area contributed by atoms with Crippen molar-refractivity contribution in [3.05, 3.63) is 35.4 Å². The molecule has 1 aromatic rings. The first-order valence-corrected chi connectivity index (χ1v) is 7.63. The monoisotopic (exact) mass is 243 g/mol. The van der Waals surface area contributed by atoms with Crippen LogP contribution in [0.3, 0.4) is 0 Å². The molecule has 2 unspecified atom stereocenters. The molecule has 98 valence electrons. The topological polar surface area (TPSA) is 12.0 Å². The second kappa shape index (κ2) is 5.44. The molecule has 2 aliphatic rings. The second-order valence-corrected chi connectivity index (χ2v) is 6.25. The van der Waals surface area contributed by atoms with Crippen molar-refractivity contribution in [2.75, 3.05) is 6.54 Å². The third kappa shape index (κ3) is 2.95. The lowest BCUT2D eigenvalue weighted by molar-refractivity contribution is 0.295. The van der Waals surface area contributed by atoms with Gasteiger partial charge in [-0.15, -0.1) is 0 Å². The minimum absolute atomic E-state index is 0.796. The Bertz CT molecular complexity index is 394. The molecular weight excluding hydrogens is 218 g/mol. The Morgan fingerprint density at radius 2 is 1.94 bits per heavy atom. The molecule has 0 heterocycles. The van der Waals surface area contributed by atoms with E-state index in [0.717, 1.165) is 17.9 Å². The van der Waals surface area contributed by atoms with Crippen LogP contribution in [0.4, 0.5) is 0 Å². The van der Waals surface area contributed by atoms with Crippen LogP contribution < -0.4 is 5.32 Å². The van der Waals surface area contributed by atoms with E-state index < -0.39 is 0 Å². The number of rotatable bonds is 4. The fourth-order valence-corrected chi connectivity index (χ4v) is 3.40. The van der Waals surface area contributed by atoms with E-state index in [9.17, 15) is 0 Å². The van der Waals surface area contributed by atoms with Crippen molar-refractivity contribution in [2.45, 2.75) is 57.4 Å². The zero-order valence-corrected chi connectivity index (χ0v) is 11.5. The van der Waals surface area contributed by atoms with Gasteiger partial charge in [-0.1, -0.05) is 42.7 Å². The first-order valence-electron chi connectivity index (χ1n) is 7.63. The molecule has 2 fully saturated rings. The number of nitrogens with one attached hydrogen (secondary N) is 1. The van der Waals surface area contributed by atoms with Crippen molar-refractivity contribution in [3.63, 3.8) is 0 Å². The van der Waals surface area contributed by atoms with Crippen molar-refractivity contribution in [2.24, 2.45) is 5.92 Å². The van der Waals surface area contributed by atoms with Crippen LogP contribution in [-0.2, 0) is 0 Å². The zero-order valence-electron chi connectivity index (χ0n) is 11.5. The van der Waals surface area contributed by atoms with Gasteiger partial charge in [-0.25, -0.2) is 0 Å². The lowest BCUT2D eigenvalue weighted by Gasteiger charge is -2.32. The molecule has 3 rings (SSSR count). The smallest absolute Gasteiger partial charge is 0.00683 e. The Morgan fingerprint density at radius 3 is 2.72 bits per heavy atom. The van der Waals surface area contributed by atoms with Crippen LogP contribution in [0.25, 0.3) is 0 Å². The van der Waals surface area contributed by atoms with Gasteiger partial charge < -0.3 is 5.32 Å². The predicted octanol–water partition coefficient (Wildman–Crippen LogP) is 4.02. The second-order valence-electron chi connectivity index (χ2n) is 6.25. The van der Waals surface area contributed by atoms with E-state index in [-0.39, 0.29) is 0 Å². The highest BCUT2D eigenvalue weighted by Crippen LogP contribution is 2.38. The van der Waals surface area contributed by atoms with Crippen molar-refractivity contribution in [1.82, 2.24) is 5.32 Å². The highest BCUT2D eigenvalue weighted by atomic mass is 14.9. The number of hydrogen-bond acceptors (Lipinski definition) is 1. The van der Waals surface area contributed by atoms with Crippen LogP contribution in [0.15, 0.2) is 24.3 Å². The lowest BCUT2D eigenvalue weighted by Crippen LogP contribution is -2.30. The quantitative estimate of drug-likeness (QED) is 0.842. The summed E-state index contributed by atoms with van der Waals surface area (Å²) >= 11 is 0.